The van der Waals surface area contributed by atoms with Gasteiger partial charge in [-0.1, -0.05) is 135 Å². The van der Waals surface area contributed by atoms with Gasteiger partial charge in [-0.2, -0.15) is 0 Å². The zero-order valence-electron chi connectivity index (χ0n) is 34.8. The van der Waals surface area contributed by atoms with E-state index in [9.17, 15) is 0 Å². The second-order valence-electron chi connectivity index (χ2n) is 20.4. The van der Waals surface area contributed by atoms with Crippen LogP contribution in [-0.2, 0) is 10.8 Å². The van der Waals surface area contributed by atoms with E-state index >= 15 is 0 Å². The molecule has 0 N–H and O–H groups in total. The van der Waals surface area contributed by atoms with Crippen LogP contribution in [-0.4, -0.2) is 0 Å². The Hall–Kier alpha value is -5.40. The van der Waals surface area contributed by atoms with E-state index in [1.165, 1.54) is 119 Å². The zero-order chi connectivity index (χ0) is 39.3. The van der Waals surface area contributed by atoms with Crippen molar-refractivity contribution in [2.75, 3.05) is 4.90 Å². The summed E-state index contributed by atoms with van der Waals surface area (Å²) in [6, 6.07) is 59.5. The van der Waals surface area contributed by atoms with Crippen molar-refractivity contribution in [3.8, 4) is 33.4 Å². The Kier molecular flexibility index (Phi) is 7.06. The summed E-state index contributed by atoms with van der Waals surface area (Å²) < 4.78 is 0. The molecule has 2 spiro atoms. The molecule has 8 unspecified atom stereocenters. The lowest BCUT2D eigenvalue weighted by Crippen LogP contribution is -2.51. The molecule has 0 radical (unpaired) electrons. The van der Waals surface area contributed by atoms with Gasteiger partial charge in [0.05, 0.1) is 5.69 Å². The van der Waals surface area contributed by atoms with E-state index < -0.39 is 0 Å². The second kappa shape index (κ2) is 12.3. The molecule has 15 rings (SSSR count). The lowest BCUT2D eigenvalue weighted by Gasteiger charge is -2.55. The summed E-state index contributed by atoms with van der Waals surface area (Å²) in [5.41, 5.74) is 19.0. The molecule has 0 heterocycles. The Bertz CT molecular complexity index is 2910. The molecule has 9 atom stereocenters. The Morgan fingerprint density at radius 2 is 1.22 bits per heavy atom. The standard InChI is InChI=1S/C59H53N/c1-36-40-24-26-43-31-38(29-40)32-54(36)59(43)52-20-7-5-17-50(52)57-53(59)21-10-22-56(57)60(44-14-8-13-41(33-44)47-18-9-12-39-11-2-3-15-46(39)47)45-27-28-49-48-16-4-6-19-51(48)58(55(49)34-45)35-37-23-25-42(58)30-37/h2-22,27-28,33-34,36-38,40,42-43,54H,23-26,29-32,35H2,1H3/t36-,37?,38?,40?,42?,43?,54?,58?,59?/m0/s1. The number of anilines is 3. The summed E-state index contributed by atoms with van der Waals surface area (Å²) in [6.45, 7) is 2.64. The minimum atomic E-state index is 0.0796. The summed E-state index contributed by atoms with van der Waals surface area (Å²) in [6.07, 6.45) is 12.4. The van der Waals surface area contributed by atoms with E-state index in [-0.39, 0.29) is 10.8 Å². The highest BCUT2D eigenvalue weighted by Crippen LogP contribution is 2.71. The van der Waals surface area contributed by atoms with Gasteiger partial charge in [0.25, 0.3) is 0 Å². The summed E-state index contributed by atoms with van der Waals surface area (Å²) in [5, 5.41) is 2.59. The first-order valence-electron chi connectivity index (χ1n) is 23.5. The van der Waals surface area contributed by atoms with Crippen molar-refractivity contribution >= 4 is 27.8 Å². The Balaban J connectivity index is 1.03. The van der Waals surface area contributed by atoms with Crippen molar-refractivity contribution in [1.29, 1.82) is 0 Å². The highest BCUT2D eigenvalue weighted by molar-refractivity contribution is 5.99. The molecule has 1 heteroatoms. The summed E-state index contributed by atoms with van der Waals surface area (Å²) >= 11 is 0. The predicted molar refractivity (Wildman–Crippen MR) is 248 cm³/mol. The number of hydrogen-bond donors (Lipinski definition) is 0. The quantitative estimate of drug-likeness (QED) is 0.172. The van der Waals surface area contributed by atoms with Gasteiger partial charge < -0.3 is 4.90 Å². The third-order valence-corrected chi connectivity index (χ3v) is 18.2. The van der Waals surface area contributed by atoms with Crippen LogP contribution in [0.15, 0.2) is 152 Å². The molecular formula is C59H53N. The highest BCUT2D eigenvalue weighted by atomic mass is 15.1. The molecule has 7 aromatic rings. The molecule has 0 amide bonds. The maximum atomic E-state index is 2.70. The van der Waals surface area contributed by atoms with Gasteiger partial charge in [0.1, 0.15) is 0 Å². The van der Waals surface area contributed by atoms with Crippen molar-refractivity contribution in [3.63, 3.8) is 0 Å². The maximum Gasteiger partial charge on any atom is 0.0543 e. The van der Waals surface area contributed by atoms with Gasteiger partial charge in [-0.3, -0.25) is 0 Å². The van der Waals surface area contributed by atoms with E-state index in [1.54, 1.807) is 22.3 Å². The normalized spacial score (nSPS) is 30.8. The predicted octanol–water partition coefficient (Wildman–Crippen LogP) is 15.4. The molecule has 6 bridgehead atoms. The monoisotopic (exact) mass is 775 g/mol. The molecule has 0 saturated heterocycles. The van der Waals surface area contributed by atoms with E-state index in [0.717, 1.165) is 29.6 Å². The van der Waals surface area contributed by atoms with Crippen LogP contribution in [0.3, 0.4) is 0 Å². The first kappa shape index (κ1) is 34.3. The van der Waals surface area contributed by atoms with Crippen LogP contribution >= 0.6 is 0 Å². The Morgan fingerprint density at radius 3 is 2.12 bits per heavy atom. The number of hydrogen-bond acceptors (Lipinski definition) is 1. The van der Waals surface area contributed by atoms with Crippen LogP contribution in [0.1, 0.15) is 87.0 Å². The molecular weight excluding hydrogens is 723 g/mol. The van der Waals surface area contributed by atoms with Crippen LogP contribution in [0.5, 0.6) is 0 Å². The van der Waals surface area contributed by atoms with E-state index in [2.05, 4.69) is 163 Å². The molecule has 0 aromatic heterocycles. The van der Waals surface area contributed by atoms with Crippen LogP contribution in [0.25, 0.3) is 44.2 Å². The first-order valence-corrected chi connectivity index (χ1v) is 23.5. The number of rotatable bonds is 4. The molecule has 60 heavy (non-hydrogen) atoms. The van der Waals surface area contributed by atoms with Gasteiger partial charge in [-0.15, -0.1) is 0 Å². The molecule has 1 nitrogen and oxygen atoms in total. The van der Waals surface area contributed by atoms with Crippen LogP contribution < -0.4 is 4.90 Å². The largest absolute Gasteiger partial charge is 0.310 e. The van der Waals surface area contributed by atoms with E-state index in [0.29, 0.717) is 11.8 Å². The molecule has 6 fully saturated rings. The minimum Gasteiger partial charge on any atom is -0.310 e. The third-order valence-electron chi connectivity index (χ3n) is 18.2. The van der Waals surface area contributed by atoms with Crippen molar-refractivity contribution < 1.29 is 0 Å². The fourth-order valence-electron chi connectivity index (χ4n) is 16.1. The molecule has 7 aromatic carbocycles. The number of benzene rings is 7. The topological polar surface area (TPSA) is 3.24 Å². The van der Waals surface area contributed by atoms with Gasteiger partial charge in [-0.05, 0) is 184 Å². The van der Waals surface area contributed by atoms with Crippen molar-refractivity contribution in [2.24, 2.45) is 41.4 Å². The third kappa shape index (κ3) is 4.34. The number of fused-ring (bicyclic) bond motifs is 13. The Labute approximate surface area is 355 Å². The van der Waals surface area contributed by atoms with Gasteiger partial charge >= 0.3 is 0 Å². The highest BCUT2D eigenvalue weighted by Gasteiger charge is 2.62. The van der Waals surface area contributed by atoms with Gasteiger partial charge in [-0.25, -0.2) is 0 Å². The number of nitrogens with zero attached hydrogens (tertiary/aromatic N) is 1. The van der Waals surface area contributed by atoms with Crippen molar-refractivity contribution in [1.82, 2.24) is 0 Å². The average molecular weight is 776 g/mol. The van der Waals surface area contributed by atoms with Crippen molar-refractivity contribution in [3.05, 3.63) is 174 Å². The first-order chi connectivity index (χ1) is 29.6. The fourth-order valence-corrected chi connectivity index (χ4v) is 16.1. The lowest BCUT2D eigenvalue weighted by molar-refractivity contribution is 0.0174. The summed E-state index contributed by atoms with van der Waals surface area (Å²) in [4.78, 5) is 2.70. The smallest absolute Gasteiger partial charge is 0.0543 e. The Morgan fingerprint density at radius 1 is 0.500 bits per heavy atom. The van der Waals surface area contributed by atoms with Gasteiger partial charge in [0, 0.05) is 27.8 Å². The van der Waals surface area contributed by atoms with E-state index in [4.69, 9.17) is 0 Å². The van der Waals surface area contributed by atoms with Crippen LogP contribution in [0, 0.1) is 41.4 Å². The average Bonchev–Trinajstić information content (AvgIpc) is 4.02. The zero-order valence-corrected chi connectivity index (χ0v) is 34.8. The van der Waals surface area contributed by atoms with Crippen LogP contribution in [0.2, 0.25) is 0 Å². The molecule has 294 valence electrons. The molecule has 8 aliphatic carbocycles. The summed E-state index contributed by atoms with van der Waals surface area (Å²) in [5.74, 6) is 5.48. The minimum absolute atomic E-state index is 0.0796. The van der Waals surface area contributed by atoms with Crippen molar-refractivity contribution in [2.45, 2.75) is 75.5 Å². The molecule has 8 aliphatic rings. The van der Waals surface area contributed by atoms with E-state index in [1.807, 2.05) is 0 Å². The van der Waals surface area contributed by atoms with Crippen LogP contribution in [0.4, 0.5) is 17.1 Å². The fraction of sp³-hybridized carbons (Fsp3) is 0.322. The maximum absolute atomic E-state index is 2.70. The summed E-state index contributed by atoms with van der Waals surface area (Å²) in [7, 11) is 0. The lowest BCUT2D eigenvalue weighted by atomic mass is 9.48. The van der Waals surface area contributed by atoms with Gasteiger partial charge in [0.2, 0.25) is 0 Å². The molecule has 0 aliphatic heterocycles. The second-order valence-corrected chi connectivity index (χ2v) is 20.4. The SMILES string of the molecule is C[C@H]1C2CCC3CC(C2)CC1C31c2ccccc2-c2c(N(c3cccc(-c4cccc5ccccc45)c3)c3ccc4c(c3)C3(CC5CCC3C5)c3ccccc3-4)cccc21. The van der Waals surface area contributed by atoms with Gasteiger partial charge in [0.15, 0.2) is 0 Å². The molecule has 6 saturated carbocycles.